The molecule has 1 rings (SSSR count). The maximum absolute atomic E-state index is 13.5. The monoisotopic (exact) mass is 240 g/mol. The van der Waals surface area contributed by atoms with Crippen LogP contribution in [0.1, 0.15) is 19.4 Å². The molecule has 1 aromatic carbocycles. The van der Waals surface area contributed by atoms with E-state index >= 15 is 0 Å². The van der Waals surface area contributed by atoms with Crippen molar-refractivity contribution in [3.05, 3.63) is 29.6 Å². The maximum Gasteiger partial charge on any atom is 0.165 e. The summed E-state index contributed by atoms with van der Waals surface area (Å²) in [5.41, 5.74) is 6.26. The summed E-state index contributed by atoms with van der Waals surface area (Å²) in [6.45, 7) is 7.71. The van der Waals surface area contributed by atoms with Crippen LogP contribution in [0.2, 0.25) is 0 Å². The molecule has 0 heterocycles. The predicted octanol–water partition coefficient (Wildman–Crippen LogP) is 2.00. The van der Waals surface area contributed by atoms with Crippen molar-refractivity contribution in [3.8, 4) is 5.75 Å². The number of para-hydroxylation sites is 1. The zero-order chi connectivity index (χ0) is 12.7. The van der Waals surface area contributed by atoms with Crippen LogP contribution in [0, 0.1) is 5.82 Å². The molecule has 0 amide bonds. The number of ether oxygens (including phenoxy) is 1. The molecular formula is C13H21FN2O. The van der Waals surface area contributed by atoms with Gasteiger partial charge in [-0.3, -0.25) is 0 Å². The predicted molar refractivity (Wildman–Crippen MR) is 67.6 cm³/mol. The third-order valence-electron chi connectivity index (χ3n) is 2.82. The molecule has 0 fully saturated rings. The summed E-state index contributed by atoms with van der Waals surface area (Å²) in [4.78, 5) is 2.23. The van der Waals surface area contributed by atoms with E-state index in [0.717, 1.165) is 19.6 Å². The topological polar surface area (TPSA) is 38.5 Å². The van der Waals surface area contributed by atoms with Crippen LogP contribution < -0.4 is 10.5 Å². The summed E-state index contributed by atoms with van der Waals surface area (Å²) in [5.74, 6) is -0.0466. The molecule has 96 valence electrons. The normalized spacial score (nSPS) is 10.9. The van der Waals surface area contributed by atoms with Crippen LogP contribution in [0.25, 0.3) is 0 Å². The average Bonchev–Trinajstić information content (AvgIpc) is 2.36. The first-order valence-corrected chi connectivity index (χ1v) is 6.05. The molecule has 0 saturated heterocycles. The van der Waals surface area contributed by atoms with Crippen molar-refractivity contribution >= 4 is 0 Å². The second-order valence-electron chi connectivity index (χ2n) is 3.81. The van der Waals surface area contributed by atoms with Crippen molar-refractivity contribution in [2.45, 2.75) is 20.4 Å². The Morgan fingerprint density at radius 2 is 2.00 bits per heavy atom. The maximum atomic E-state index is 13.5. The highest BCUT2D eigenvalue weighted by atomic mass is 19.1. The van der Waals surface area contributed by atoms with Gasteiger partial charge < -0.3 is 15.4 Å². The van der Waals surface area contributed by atoms with Gasteiger partial charge in [-0.1, -0.05) is 26.0 Å². The standard InChI is InChI=1S/C13H21FN2O/c1-3-16(4-2)8-9-17-13-11(10-15)6-5-7-12(13)14/h5-7H,3-4,8-10,15H2,1-2H3. The van der Waals surface area contributed by atoms with E-state index < -0.39 is 0 Å². The molecule has 0 atom stereocenters. The van der Waals surface area contributed by atoms with Crippen LogP contribution in [0.5, 0.6) is 5.75 Å². The fourth-order valence-electron chi connectivity index (χ4n) is 1.69. The van der Waals surface area contributed by atoms with Gasteiger partial charge in [0.25, 0.3) is 0 Å². The third-order valence-corrected chi connectivity index (χ3v) is 2.82. The number of halogens is 1. The molecule has 0 aliphatic rings. The molecule has 0 aromatic heterocycles. The molecule has 17 heavy (non-hydrogen) atoms. The molecule has 0 aliphatic carbocycles. The van der Waals surface area contributed by atoms with Crippen LogP contribution in [0.3, 0.4) is 0 Å². The Morgan fingerprint density at radius 1 is 1.29 bits per heavy atom. The molecule has 0 spiro atoms. The van der Waals surface area contributed by atoms with E-state index in [1.54, 1.807) is 12.1 Å². The highest BCUT2D eigenvalue weighted by Crippen LogP contribution is 2.21. The number of benzene rings is 1. The average molecular weight is 240 g/mol. The summed E-state index contributed by atoms with van der Waals surface area (Å²) in [6, 6.07) is 4.83. The van der Waals surface area contributed by atoms with Gasteiger partial charge >= 0.3 is 0 Å². The number of rotatable bonds is 7. The molecule has 3 nitrogen and oxygen atoms in total. The van der Waals surface area contributed by atoms with E-state index in [-0.39, 0.29) is 5.82 Å². The molecule has 1 aromatic rings. The zero-order valence-electron chi connectivity index (χ0n) is 10.6. The molecule has 0 bridgehead atoms. The fraction of sp³-hybridized carbons (Fsp3) is 0.538. The third kappa shape index (κ3) is 3.98. The number of hydrogen-bond donors (Lipinski definition) is 1. The minimum atomic E-state index is -0.340. The lowest BCUT2D eigenvalue weighted by atomic mass is 10.2. The van der Waals surface area contributed by atoms with Crippen LogP contribution >= 0.6 is 0 Å². The summed E-state index contributed by atoms with van der Waals surface area (Å²) in [6.07, 6.45) is 0. The molecule has 4 heteroatoms. The number of nitrogens with two attached hydrogens (primary N) is 1. The lowest BCUT2D eigenvalue weighted by Gasteiger charge is -2.19. The number of hydrogen-bond acceptors (Lipinski definition) is 3. The number of nitrogens with zero attached hydrogens (tertiary/aromatic N) is 1. The van der Waals surface area contributed by atoms with Crippen molar-refractivity contribution in [3.63, 3.8) is 0 Å². The van der Waals surface area contributed by atoms with Gasteiger partial charge in [0.1, 0.15) is 6.61 Å². The Kier molecular flexibility index (Phi) is 5.94. The summed E-state index contributed by atoms with van der Waals surface area (Å²) in [7, 11) is 0. The highest BCUT2D eigenvalue weighted by Gasteiger charge is 2.08. The van der Waals surface area contributed by atoms with Crippen LogP contribution in [0.15, 0.2) is 18.2 Å². The first-order valence-electron chi connectivity index (χ1n) is 6.05. The summed E-state index contributed by atoms with van der Waals surface area (Å²) < 4.78 is 19.0. The van der Waals surface area contributed by atoms with Gasteiger partial charge in [-0.2, -0.15) is 0 Å². The van der Waals surface area contributed by atoms with E-state index in [1.807, 2.05) is 0 Å². The van der Waals surface area contributed by atoms with Gasteiger partial charge in [0, 0.05) is 18.7 Å². The lowest BCUT2D eigenvalue weighted by Crippen LogP contribution is -2.28. The first-order chi connectivity index (χ1) is 8.22. The van der Waals surface area contributed by atoms with Crippen molar-refractivity contribution in [1.82, 2.24) is 4.90 Å². The Hall–Kier alpha value is -1.13. The minimum Gasteiger partial charge on any atom is -0.489 e. The highest BCUT2D eigenvalue weighted by molar-refractivity contribution is 5.34. The van der Waals surface area contributed by atoms with Crippen LogP contribution in [-0.2, 0) is 6.54 Å². The van der Waals surface area contributed by atoms with E-state index in [0.29, 0.717) is 24.5 Å². The molecular weight excluding hydrogens is 219 g/mol. The first kappa shape index (κ1) is 13.9. The molecule has 0 unspecified atom stereocenters. The Bertz CT molecular complexity index is 340. The Balaban J connectivity index is 2.56. The lowest BCUT2D eigenvalue weighted by molar-refractivity contribution is 0.216. The van der Waals surface area contributed by atoms with Gasteiger partial charge in [-0.25, -0.2) is 4.39 Å². The van der Waals surface area contributed by atoms with Crippen molar-refractivity contribution in [2.24, 2.45) is 5.73 Å². The van der Waals surface area contributed by atoms with E-state index in [1.165, 1.54) is 6.07 Å². The smallest absolute Gasteiger partial charge is 0.165 e. The molecule has 2 N–H and O–H groups in total. The van der Waals surface area contributed by atoms with Crippen LogP contribution in [0.4, 0.5) is 4.39 Å². The Morgan fingerprint density at radius 3 is 2.59 bits per heavy atom. The van der Waals surface area contributed by atoms with Crippen molar-refractivity contribution < 1.29 is 9.13 Å². The fourth-order valence-corrected chi connectivity index (χ4v) is 1.69. The SMILES string of the molecule is CCN(CC)CCOc1c(F)cccc1CN. The second-order valence-corrected chi connectivity index (χ2v) is 3.81. The van der Waals surface area contributed by atoms with Gasteiger partial charge in [-0.15, -0.1) is 0 Å². The van der Waals surface area contributed by atoms with Gasteiger partial charge in [0.15, 0.2) is 11.6 Å². The molecule has 0 aliphatic heterocycles. The summed E-state index contributed by atoms with van der Waals surface area (Å²) >= 11 is 0. The van der Waals surface area contributed by atoms with E-state index in [9.17, 15) is 4.39 Å². The molecule has 0 saturated carbocycles. The van der Waals surface area contributed by atoms with Gasteiger partial charge in [0.05, 0.1) is 0 Å². The number of likely N-dealkylation sites (N-methyl/N-ethyl adjacent to an activating group) is 1. The second kappa shape index (κ2) is 7.25. The molecule has 0 radical (unpaired) electrons. The Labute approximate surface area is 102 Å². The van der Waals surface area contributed by atoms with Crippen molar-refractivity contribution in [1.29, 1.82) is 0 Å². The largest absolute Gasteiger partial charge is 0.489 e. The van der Waals surface area contributed by atoms with Gasteiger partial charge in [-0.05, 0) is 19.2 Å². The zero-order valence-corrected chi connectivity index (χ0v) is 10.6. The van der Waals surface area contributed by atoms with Crippen molar-refractivity contribution in [2.75, 3.05) is 26.2 Å². The van der Waals surface area contributed by atoms with E-state index in [4.69, 9.17) is 10.5 Å². The minimum absolute atomic E-state index is 0.290. The van der Waals surface area contributed by atoms with Gasteiger partial charge in [0.2, 0.25) is 0 Å². The van der Waals surface area contributed by atoms with E-state index in [2.05, 4.69) is 18.7 Å². The summed E-state index contributed by atoms with van der Waals surface area (Å²) in [5, 5.41) is 0. The van der Waals surface area contributed by atoms with Crippen LogP contribution in [-0.4, -0.2) is 31.1 Å². The quantitative estimate of drug-likeness (QED) is 0.792.